The summed E-state index contributed by atoms with van der Waals surface area (Å²) in [7, 11) is 0. The molecule has 1 aliphatic rings. The van der Waals surface area contributed by atoms with Crippen molar-refractivity contribution in [2.75, 3.05) is 6.61 Å². The van der Waals surface area contributed by atoms with Crippen LogP contribution in [0, 0.1) is 26.1 Å². The van der Waals surface area contributed by atoms with E-state index in [2.05, 4.69) is 0 Å². The van der Waals surface area contributed by atoms with Crippen LogP contribution in [0.3, 0.4) is 0 Å². The number of nitro benzene ring substituents is 2. The zero-order valence-corrected chi connectivity index (χ0v) is 21.5. The van der Waals surface area contributed by atoms with Crippen molar-refractivity contribution in [1.29, 1.82) is 0 Å². The van der Waals surface area contributed by atoms with Crippen molar-refractivity contribution >= 4 is 29.4 Å². The Bertz CT molecular complexity index is 1300. The molecule has 214 valence electrons. The minimum atomic E-state index is -2.11. The average molecular weight is 562 g/mol. The van der Waals surface area contributed by atoms with E-state index in [1.165, 1.54) is 62.4 Å². The molecule has 1 saturated heterocycles. The zero-order valence-electron chi connectivity index (χ0n) is 21.5. The number of ether oxygens (including phenoxy) is 3. The second kappa shape index (κ2) is 12.5. The Morgan fingerprint density at radius 2 is 1.50 bits per heavy atom. The molecule has 1 fully saturated rings. The summed E-state index contributed by atoms with van der Waals surface area (Å²) in [6, 6.07) is 11.1. The van der Waals surface area contributed by atoms with Crippen LogP contribution in [0.1, 0.15) is 31.4 Å². The number of nitro groups is 2. The van der Waals surface area contributed by atoms with Crippen LogP contribution in [-0.4, -0.2) is 67.5 Å². The number of hydrogen-bond acceptors (Lipinski definition) is 12. The van der Waals surface area contributed by atoms with Gasteiger partial charge >= 0.3 is 12.1 Å². The van der Waals surface area contributed by atoms with Crippen LogP contribution in [0.5, 0.6) is 0 Å². The molecule has 0 bridgehead atoms. The van der Waals surface area contributed by atoms with E-state index >= 15 is 0 Å². The molecule has 1 heterocycles. The molecule has 0 aromatic heterocycles. The molecule has 15 nitrogen and oxygen atoms in total. The van der Waals surface area contributed by atoms with Gasteiger partial charge in [-0.3, -0.25) is 25.0 Å². The smallest absolute Gasteiger partial charge is 0.457 e. The van der Waals surface area contributed by atoms with Gasteiger partial charge in [-0.15, -0.1) is 0 Å². The lowest BCUT2D eigenvalue weighted by Gasteiger charge is -2.57. The maximum Gasteiger partial charge on any atom is 0.508 e. The van der Waals surface area contributed by atoms with E-state index in [1.54, 1.807) is 0 Å². The number of β-lactam (4-membered cyclic amide) rings is 1. The van der Waals surface area contributed by atoms with E-state index in [4.69, 9.17) is 14.2 Å². The summed E-state index contributed by atoms with van der Waals surface area (Å²) in [5.74, 6) is -3.15. The zero-order chi connectivity index (χ0) is 29.6. The fraction of sp³-hybridized carbons (Fsp3) is 0.400. The van der Waals surface area contributed by atoms with Crippen LogP contribution in [0.2, 0.25) is 0 Å². The molecular weight excluding hydrogens is 534 g/mol. The normalized spacial score (nSPS) is 19.6. The van der Waals surface area contributed by atoms with Gasteiger partial charge in [0.05, 0.1) is 32.4 Å². The van der Waals surface area contributed by atoms with Crippen LogP contribution in [0.4, 0.5) is 16.2 Å². The topological polar surface area (TPSA) is 209 Å². The summed E-state index contributed by atoms with van der Waals surface area (Å²) in [4.78, 5) is 59.7. The summed E-state index contributed by atoms with van der Waals surface area (Å²) in [6.45, 7) is 1.38. The van der Waals surface area contributed by atoms with Crippen LogP contribution in [0.25, 0.3) is 0 Å². The molecule has 0 radical (unpaired) electrons. The lowest BCUT2D eigenvalue weighted by Crippen LogP contribution is -2.76. The Kier molecular flexibility index (Phi) is 9.34. The summed E-state index contributed by atoms with van der Waals surface area (Å²) < 4.78 is 15.2. The lowest BCUT2D eigenvalue weighted by atomic mass is 9.69. The van der Waals surface area contributed by atoms with Gasteiger partial charge in [-0.25, -0.2) is 9.59 Å². The number of benzene rings is 2. The van der Waals surface area contributed by atoms with Crippen LogP contribution >= 0.6 is 0 Å². The van der Waals surface area contributed by atoms with Crippen molar-refractivity contribution < 1.29 is 48.7 Å². The summed E-state index contributed by atoms with van der Waals surface area (Å²) >= 11 is 0. The maximum absolute atomic E-state index is 13.0. The third kappa shape index (κ3) is 6.16. The molecule has 2 N–H and O–H groups in total. The maximum atomic E-state index is 13.0. The van der Waals surface area contributed by atoms with Gasteiger partial charge in [0.15, 0.2) is 0 Å². The molecule has 4 atom stereocenters. The fourth-order valence-electron chi connectivity index (χ4n) is 4.70. The van der Waals surface area contributed by atoms with E-state index in [1.807, 2.05) is 0 Å². The first-order valence-electron chi connectivity index (χ1n) is 12.0. The summed E-state index contributed by atoms with van der Waals surface area (Å²) in [5.41, 5.74) is -1.72. The SMILES string of the molecule is CC(OC(=O)OCc1ccccc1[N+](=O)[O-])C1C(=O)N(C(O)C(=O)OCc2ccccc2[N+](=O)[O-])C1(C)CCO. The van der Waals surface area contributed by atoms with Gasteiger partial charge in [-0.2, -0.15) is 0 Å². The van der Waals surface area contributed by atoms with Gasteiger partial charge < -0.3 is 29.3 Å². The third-order valence-corrected chi connectivity index (χ3v) is 6.64. The lowest BCUT2D eigenvalue weighted by molar-refractivity contribution is -0.386. The largest absolute Gasteiger partial charge is 0.508 e. The minimum Gasteiger partial charge on any atom is -0.457 e. The number of carbonyl (C=O) groups is 3. The first-order valence-corrected chi connectivity index (χ1v) is 12.0. The molecule has 40 heavy (non-hydrogen) atoms. The predicted octanol–water partition coefficient (Wildman–Crippen LogP) is 2.21. The standard InChI is InChI=1S/C25H27N3O12/c1-15(40-24(33)39-14-17-8-4-6-10-19(17)28(36)37)20-21(30)26(25(20,2)11-12-29)22(31)23(32)38-13-16-7-3-5-9-18(16)27(34)35/h3-10,15,20,22,29,31H,11-14H2,1-2H3. The van der Waals surface area contributed by atoms with E-state index < -0.39 is 71.5 Å². The van der Waals surface area contributed by atoms with Gasteiger partial charge in [-0.1, -0.05) is 24.3 Å². The monoisotopic (exact) mass is 561 g/mol. The Morgan fingerprint density at radius 3 is 2.00 bits per heavy atom. The average Bonchev–Trinajstić information content (AvgIpc) is 2.90. The second-order valence-electron chi connectivity index (χ2n) is 9.13. The first kappa shape index (κ1) is 29.9. The number of carbonyl (C=O) groups excluding carboxylic acids is 3. The molecule has 2 aromatic carbocycles. The molecule has 0 saturated carbocycles. The van der Waals surface area contributed by atoms with Crippen molar-refractivity contribution in [3.8, 4) is 0 Å². The van der Waals surface area contributed by atoms with Crippen molar-refractivity contribution in [1.82, 2.24) is 4.90 Å². The second-order valence-corrected chi connectivity index (χ2v) is 9.13. The number of aliphatic hydroxyl groups excluding tert-OH is 2. The highest BCUT2D eigenvalue weighted by Crippen LogP contribution is 2.44. The van der Waals surface area contributed by atoms with E-state index in [0.717, 1.165) is 4.90 Å². The van der Waals surface area contributed by atoms with Gasteiger partial charge in [0.1, 0.15) is 19.3 Å². The molecule has 1 aliphatic heterocycles. The van der Waals surface area contributed by atoms with Gasteiger partial charge in [0, 0.05) is 18.7 Å². The number of hydrogen-bond donors (Lipinski definition) is 2. The molecule has 4 unspecified atom stereocenters. The predicted molar refractivity (Wildman–Crippen MR) is 133 cm³/mol. The number of esters is 1. The van der Waals surface area contributed by atoms with Crippen molar-refractivity contribution in [3.63, 3.8) is 0 Å². The number of likely N-dealkylation sites (tertiary alicyclic amines) is 1. The first-order chi connectivity index (χ1) is 18.9. The van der Waals surface area contributed by atoms with Crippen LogP contribution in [0.15, 0.2) is 48.5 Å². The van der Waals surface area contributed by atoms with Crippen LogP contribution in [-0.2, 0) is 37.0 Å². The Hall–Kier alpha value is -4.63. The Labute approximate surface area is 227 Å². The number of nitrogens with zero attached hydrogens (tertiary/aromatic N) is 3. The Morgan fingerprint density at radius 1 is 1.00 bits per heavy atom. The number of para-hydroxylation sites is 2. The molecule has 2 aromatic rings. The molecule has 3 rings (SSSR count). The number of amides is 1. The quantitative estimate of drug-likeness (QED) is 0.165. The van der Waals surface area contributed by atoms with Gasteiger partial charge in [0.25, 0.3) is 11.4 Å². The number of rotatable bonds is 12. The molecule has 0 aliphatic carbocycles. The molecular formula is C25H27N3O12. The molecule has 0 spiro atoms. The van der Waals surface area contributed by atoms with Crippen molar-refractivity contribution in [3.05, 3.63) is 79.9 Å². The number of aliphatic hydroxyl groups is 2. The highest BCUT2D eigenvalue weighted by Gasteiger charge is 2.63. The van der Waals surface area contributed by atoms with E-state index in [9.17, 15) is 44.8 Å². The third-order valence-electron chi connectivity index (χ3n) is 6.64. The van der Waals surface area contributed by atoms with E-state index in [-0.39, 0.29) is 28.9 Å². The summed E-state index contributed by atoms with van der Waals surface area (Å²) in [5, 5.41) is 42.5. The fourth-order valence-corrected chi connectivity index (χ4v) is 4.70. The Balaban J connectivity index is 1.64. The minimum absolute atomic E-state index is 0.0698. The summed E-state index contributed by atoms with van der Waals surface area (Å²) in [6.07, 6.45) is -4.58. The van der Waals surface area contributed by atoms with E-state index in [0.29, 0.717) is 0 Å². The van der Waals surface area contributed by atoms with Gasteiger partial charge in [-0.05, 0) is 32.4 Å². The highest BCUT2D eigenvalue weighted by molar-refractivity contribution is 5.92. The van der Waals surface area contributed by atoms with Gasteiger partial charge in [0.2, 0.25) is 12.1 Å². The van der Waals surface area contributed by atoms with Crippen molar-refractivity contribution in [2.45, 2.75) is 51.4 Å². The molecule has 15 heteroatoms. The molecule has 1 amide bonds. The highest BCUT2D eigenvalue weighted by atomic mass is 16.7. The van der Waals surface area contributed by atoms with Crippen LogP contribution < -0.4 is 0 Å². The van der Waals surface area contributed by atoms with Crippen molar-refractivity contribution in [2.24, 2.45) is 5.92 Å².